The molecule has 94 valence electrons. The summed E-state index contributed by atoms with van der Waals surface area (Å²) in [5.41, 5.74) is 0.912. The third-order valence-corrected chi connectivity index (χ3v) is 3.67. The van der Waals surface area contributed by atoms with Gasteiger partial charge in [-0.25, -0.2) is 0 Å². The van der Waals surface area contributed by atoms with Crippen LogP contribution >= 0.6 is 15.9 Å². The van der Waals surface area contributed by atoms with Gasteiger partial charge in [0.1, 0.15) is 5.75 Å². The molecule has 0 radical (unpaired) electrons. The highest BCUT2D eigenvalue weighted by Gasteiger charge is 2.13. The van der Waals surface area contributed by atoms with E-state index in [2.05, 4.69) is 21.2 Å². The standard InChI is InChI=1S/C13H18BrNO2/c14-12-6-3-4-10(13(12)16)8-15-9-11-5-1-2-7-17-11/h3-4,6,11,15-16H,1-2,5,7-9H2. The van der Waals surface area contributed by atoms with Crippen LogP contribution < -0.4 is 5.32 Å². The van der Waals surface area contributed by atoms with Gasteiger partial charge in [0.15, 0.2) is 0 Å². The Kier molecular flexibility index (Phi) is 4.83. The fraction of sp³-hybridized carbons (Fsp3) is 0.538. The summed E-state index contributed by atoms with van der Waals surface area (Å²) in [6.45, 7) is 2.41. The fourth-order valence-corrected chi connectivity index (χ4v) is 2.45. The number of hydrogen-bond donors (Lipinski definition) is 2. The number of benzene rings is 1. The van der Waals surface area contributed by atoms with Crippen molar-refractivity contribution in [1.29, 1.82) is 0 Å². The zero-order chi connectivity index (χ0) is 12.1. The van der Waals surface area contributed by atoms with E-state index >= 15 is 0 Å². The minimum absolute atomic E-state index is 0.324. The number of aromatic hydroxyl groups is 1. The van der Waals surface area contributed by atoms with E-state index in [4.69, 9.17) is 4.74 Å². The van der Waals surface area contributed by atoms with Crippen LogP contribution in [0.5, 0.6) is 5.75 Å². The Hall–Kier alpha value is -0.580. The van der Waals surface area contributed by atoms with E-state index in [1.54, 1.807) is 0 Å². The first-order valence-corrected chi connectivity index (χ1v) is 6.85. The molecule has 2 N–H and O–H groups in total. The minimum Gasteiger partial charge on any atom is -0.506 e. The van der Waals surface area contributed by atoms with Gasteiger partial charge >= 0.3 is 0 Å². The van der Waals surface area contributed by atoms with E-state index < -0.39 is 0 Å². The first-order chi connectivity index (χ1) is 8.27. The maximum Gasteiger partial charge on any atom is 0.134 e. The molecule has 1 unspecified atom stereocenters. The van der Waals surface area contributed by atoms with Gasteiger partial charge in [0.05, 0.1) is 10.6 Å². The number of ether oxygens (including phenoxy) is 1. The topological polar surface area (TPSA) is 41.5 Å². The average molecular weight is 300 g/mol. The van der Waals surface area contributed by atoms with Crippen LogP contribution in [0.1, 0.15) is 24.8 Å². The normalized spacial score (nSPS) is 20.4. The smallest absolute Gasteiger partial charge is 0.134 e. The largest absolute Gasteiger partial charge is 0.506 e. The summed E-state index contributed by atoms with van der Waals surface area (Å²) in [6, 6.07) is 5.69. The van der Waals surface area contributed by atoms with Gasteiger partial charge in [-0.15, -0.1) is 0 Å². The molecule has 0 bridgehead atoms. The summed E-state index contributed by atoms with van der Waals surface area (Å²) < 4.78 is 6.38. The molecule has 1 heterocycles. The summed E-state index contributed by atoms with van der Waals surface area (Å²) in [7, 11) is 0. The van der Waals surface area contributed by atoms with Gasteiger partial charge in [0, 0.05) is 25.3 Å². The molecule has 2 rings (SSSR count). The molecule has 1 aliphatic rings. The van der Waals surface area contributed by atoms with Crippen molar-refractivity contribution < 1.29 is 9.84 Å². The van der Waals surface area contributed by atoms with Crippen molar-refractivity contribution in [3.63, 3.8) is 0 Å². The Morgan fingerprint density at radius 3 is 3.06 bits per heavy atom. The van der Waals surface area contributed by atoms with Crippen molar-refractivity contribution in [1.82, 2.24) is 5.32 Å². The SMILES string of the molecule is Oc1c(Br)cccc1CNCC1CCCCO1. The van der Waals surface area contributed by atoms with Gasteiger partial charge < -0.3 is 15.2 Å². The number of halogens is 1. The van der Waals surface area contributed by atoms with Crippen LogP contribution in [-0.2, 0) is 11.3 Å². The van der Waals surface area contributed by atoms with Crippen LogP contribution in [0.25, 0.3) is 0 Å². The second-order valence-corrected chi connectivity index (χ2v) is 5.22. The molecule has 1 atom stereocenters. The minimum atomic E-state index is 0.324. The zero-order valence-corrected chi connectivity index (χ0v) is 11.4. The number of hydrogen-bond acceptors (Lipinski definition) is 3. The first-order valence-electron chi connectivity index (χ1n) is 6.06. The Morgan fingerprint density at radius 2 is 2.29 bits per heavy atom. The van der Waals surface area contributed by atoms with Crippen molar-refractivity contribution in [2.75, 3.05) is 13.2 Å². The lowest BCUT2D eigenvalue weighted by Crippen LogP contribution is -2.31. The maximum atomic E-state index is 9.82. The Bertz CT molecular complexity index is 364. The van der Waals surface area contributed by atoms with Crippen molar-refractivity contribution in [2.45, 2.75) is 31.9 Å². The predicted molar refractivity (Wildman–Crippen MR) is 71.1 cm³/mol. The van der Waals surface area contributed by atoms with E-state index in [-0.39, 0.29) is 0 Å². The van der Waals surface area contributed by atoms with Crippen LogP contribution in [0.15, 0.2) is 22.7 Å². The van der Waals surface area contributed by atoms with Crippen molar-refractivity contribution in [3.8, 4) is 5.75 Å². The molecule has 1 aromatic rings. The molecule has 0 spiro atoms. The number of nitrogens with one attached hydrogen (secondary N) is 1. The molecule has 1 fully saturated rings. The summed E-state index contributed by atoms with van der Waals surface area (Å²) in [6.07, 6.45) is 3.91. The zero-order valence-electron chi connectivity index (χ0n) is 9.79. The molecule has 1 saturated heterocycles. The monoisotopic (exact) mass is 299 g/mol. The highest BCUT2D eigenvalue weighted by atomic mass is 79.9. The Labute approximate surface area is 110 Å². The van der Waals surface area contributed by atoms with Gasteiger partial charge in [-0.2, -0.15) is 0 Å². The lowest BCUT2D eigenvalue weighted by molar-refractivity contribution is 0.0167. The van der Waals surface area contributed by atoms with Crippen LogP contribution in [0.2, 0.25) is 0 Å². The second-order valence-electron chi connectivity index (χ2n) is 4.37. The van der Waals surface area contributed by atoms with Crippen LogP contribution in [0, 0.1) is 0 Å². The summed E-state index contributed by atoms with van der Waals surface area (Å²) in [5, 5.41) is 13.2. The van der Waals surface area contributed by atoms with Gasteiger partial charge in [-0.1, -0.05) is 12.1 Å². The van der Waals surface area contributed by atoms with Gasteiger partial charge in [-0.3, -0.25) is 0 Å². The lowest BCUT2D eigenvalue weighted by atomic mass is 10.1. The molecular formula is C13H18BrNO2. The Morgan fingerprint density at radius 1 is 1.41 bits per heavy atom. The van der Waals surface area contributed by atoms with Gasteiger partial charge in [0.25, 0.3) is 0 Å². The maximum absolute atomic E-state index is 9.82. The number of phenols is 1. The molecule has 0 saturated carbocycles. The van der Waals surface area contributed by atoms with Gasteiger partial charge in [0.2, 0.25) is 0 Å². The number of phenolic OH excluding ortho intramolecular Hbond substituents is 1. The molecule has 4 heteroatoms. The van der Waals surface area contributed by atoms with Crippen molar-refractivity contribution in [2.24, 2.45) is 0 Å². The van der Waals surface area contributed by atoms with E-state index in [1.807, 2.05) is 18.2 Å². The van der Waals surface area contributed by atoms with Crippen LogP contribution in [0.4, 0.5) is 0 Å². The third-order valence-electron chi connectivity index (χ3n) is 3.03. The van der Waals surface area contributed by atoms with Gasteiger partial charge in [-0.05, 0) is 41.3 Å². The Balaban J connectivity index is 1.79. The first kappa shape index (κ1) is 12.9. The highest BCUT2D eigenvalue weighted by molar-refractivity contribution is 9.10. The van der Waals surface area contributed by atoms with E-state index in [9.17, 15) is 5.11 Å². The van der Waals surface area contributed by atoms with Crippen LogP contribution in [-0.4, -0.2) is 24.4 Å². The summed E-state index contributed by atoms with van der Waals surface area (Å²) >= 11 is 3.31. The van der Waals surface area contributed by atoms with Crippen molar-refractivity contribution >= 4 is 15.9 Å². The lowest BCUT2D eigenvalue weighted by Gasteiger charge is -2.22. The quantitative estimate of drug-likeness (QED) is 0.898. The highest BCUT2D eigenvalue weighted by Crippen LogP contribution is 2.27. The molecule has 0 aliphatic carbocycles. The van der Waals surface area contributed by atoms with Crippen LogP contribution in [0.3, 0.4) is 0 Å². The summed E-state index contributed by atoms with van der Waals surface area (Å²) in [5.74, 6) is 0.324. The number of para-hydroxylation sites is 1. The van der Waals surface area contributed by atoms with E-state index in [0.29, 0.717) is 18.4 Å². The van der Waals surface area contributed by atoms with Crippen molar-refractivity contribution in [3.05, 3.63) is 28.2 Å². The average Bonchev–Trinajstić information content (AvgIpc) is 2.36. The molecule has 3 nitrogen and oxygen atoms in total. The molecule has 0 amide bonds. The fourth-order valence-electron chi connectivity index (χ4n) is 2.04. The summed E-state index contributed by atoms with van der Waals surface area (Å²) in [4.78, 5) is 0. The number of rotatable bonds is 4. The molecule has 1 aliphatic heterocycles. The van der Waals surface area contributed by atoms with E-state index in [1.165, 1.54) is 12.8 Å². The van der Waals surface area contributed by atoms with E-state index in [0.717, 1.165) is 29.6 Å². The third kappa shape index (κ3) is 3.69. The molecule has 0 aromatic heterocycles. The second kappa shape index (κ2) is 6.38. The predicted octanol–water partition coefficient (Wildman–Crippen LogP) is 2.81. The molecule has 1 aromatic carbocycles. The molecule has 17 heavy (non-hydrogen) atoms. The molecular weight excluding hydrogens is 282 g/mol.